The van der Waals surface area contributed by atoms with Crippen molar-refractivity contribution < 1.29 is 14.7 Å². The number of aromatic nitrogens is 1. The molecule has 1 saturated heterocycles. The highest BCUT2D eigenvalue weighted by Gasteiger charge is 2.25. The van der Waals surface area contributed by atoms with Crippen molar-refractivity contribution in [3.8, 4) is 0 Å². The minimum Gasteiger partial charge on any atom is -0.480 e. The summed E-state index contributed by atoms with van der Waals surface area (Å²) in [5.74, 6) is -0.441. The molecule has 1 unspecified atom stereocenters. The Labute approximate surface area is 134 Å². The second-order valence-electron chi connectivity index (χ2n) is 6.01. The Balaban J connectivity index is 1.88. The van der Waals surface area contributed by atoms with E-state index in [9.17, 15) is 9.59 Å². The molecule has 0 aliphatic carbocycles. The summed E-state index contributed by atoms with van der Waals surface area (Å²) >= 11 is 1.70. The highest BCUT2D eigenvalue weighted by atomic mass is 32.1. The summed E-state index contributed by atoms with van der Waals surface area (Å²) in [6.45, 7) is 5.90. The van der Waals surface area contributed by atoms with Gasteiger partial charge < -0.3 is 10.4 Å². The van der Waals surface area contributed by atoms with E-state index in [1.807, 2.05) is 0 Å². The lowest BCUT2D eigenvalue weighted by Crippen LogP contribution is -2.43. The number of carbonyl (C=O) groups is 2. The van der Waals surface area contributed by atoms with Crippen LogP contribution in [0.3, 0.4) is 0 Å². The molecular formula is C15H23N3O3S. The predicted molar refractivity (Wildman–Crippen MR) is 85.3 cm³/mol. The van der Waals surface area contributed by atoms with Crippen molar-refractivity contribution in [2.75, 3.05) is 26.2 Å². The summed E-state index contributed by atoms with van der Waals surface area (Å²) in [5.41, 5.74) is 1.14. The van der Waals surface area contributed by atoms with E-state index in [1.165, 1.54) is 0 Å². The maximum absolute atomic E-state index is 11.7. The van der Waals surface area contributed by atoms with Crippen LogP contribution in [-0.4, -0.2) is 53.0 Å². The molecular weight excluding hydrogens is 302 g/mol. The zero-order valence-electron chi connectivity index (χ0n) is 13.0. The van der Waals surface area contributed by atoms with Crippen molar-refractivity contribution in [2.45, 2.75) is 38.5 Å². The average molecular weight is 325 g/mol. The van der Waals surface area contributed by atoms with E-state index in [1.54, 1.807) is 11.3 Å². The fourth-order valence-corrected chi connectivity index (χ4v) is 3.70. The van der Waals surface area contributed by atoms with E-state index >= 15 is 0 Å². The number of hydrogen-bond acceptors (Lipinski definition) is 5. The van der Waals surface area contributed by atoms with Crippen LogP contribution < -0.4 is 5.32 Å². The van der Waals surface area contributed by atoms with Crippen LogP contribution >= 0.6 is 11.3 Å². The third-order valence-electron chi connectivity index (χ3n) is 3.79. The molecule has 7 heteroatoms. The zero-order chi connectivity index (χ0) is 16.1. The number of likely N-dealkylation sites (tertiary alicyclic amines) is 1. The maximum Gasteiger partial charge on any atom is 0.322 e. The lowest BCUT2D eigenvalue weighted by Gasteiger charge is -2.31. The Kier molecular flexibility index (Phi) is 5.90. The topological polar surface area (TPSA) is 82.5 Å². The van der Waals surface area contributed by atoms with Crippen molar-refractivity contribution in [3.05, 3.63) is 16.1 Å². The quantitative estimate of drug-likeness (QED) is 0.831. The number of nitrogens with one attached hydrogen (secondary N) is 1. The molecule has 1 amide bonds. The van der Waals surface area contributed by atoms with Gasteiger partial charge in [0.1, 0.15) is 6.54 Å². The van der Waals surface area contributed by atoms with Gasteiger partial charge in [0.2, 0.25) is 5.91 Å². The molecule has 1 atom stereocenters. The Morgan fingerprint density at radius 2 is 2.32 bits per heavy atom. The normalized spacial score (nSPS) is 19.3. The molecule has 22 heavy (non-hydrogen) atoms. The van der Waals surface area contributed by atoms with Crippen molar-refractivity contribution in [2.24, 2.45) is 0 Å². The number of carboxylic acids is 1. The molecule has 1 aromatic rings. The van der Waals surface area contributed by atoms with Crippen LogP contribution in [0.4, 0.5) is 0 Å². The summed E-state index contributed by atoms with van der Waals surface area (Å²) in [6, 6.07) is 0. The van der Waals surface area contributed by atoms with Crippen LogP contribution in [0.1, 0.15) is 49.2 Å². The smallest absolute Gasteiger partial charge is 0.322 e. The van der Waals surface area contributed by atoms with Gasteiger partial charge in [0.15, 0.2) is 0 Å². The lowest BCUT2D eigenvalue weighted by molar-refractivity contribution is -0.138. The van der Waals surface area contributed by atoms with Crippen LogP contribution in [0.15, 0.2) is 5.38 Å². The molecule has 1 fully saturated rings. The second kappa shape index (κ2) is 7.69. The van der Waals surface area contributed by atoms with E-state index in [-0.39, 0.29) is 19.0 Å². The van der Waals surface area contributed by atoms with Gasteiger partial charge in [0.25, 0.3) is 0 Å². The Bertz CT molecular complexity index is 530. The molecule has 6 nitrogen and oxygen atoms in total. The van der Waals surface area contributed by atoms with Crippen molar-refractivity contribution in [1.29, 1.82) is 0 Å². The first-order chi connectivity index (χ1) is 10.5. The molecule has 0 aromatic carbocycles. The molecule has 0 radical (unpaired) electrons. The van der Waals surface area contributed by atoms with Crippen LogP contribution in [0, 0.1) is 0 Å². The molecule has 0 spiro atoms. The SMILES string of the molecule is CC(C)c1csc(C2CCCN(CC(=O)NCC(=O)O)C2)n1. The average Bonchev–Trinajstić information content (AvgIpc) is 2.95. The van der Waals surface area contributed by atoms with Crippen LogP contribution in [-0.2, 0) is 9.59 Å². The predicted octanol–water partition coefficient (Wildman–Crippen LogP) is 1.65. The molecule has 2 heterocycles. The lowest BCUT2D eigenvalue weighted by atomic mass is 9.98. The first kappa shape index (κ1) is 16.9. The summed E-state index contributed by atoms with van der Waals surface area (Å²) in [4.78, 5) is 29.0. The minimum atomic E-state index is -1.02. The van der Waals surface area contributed by atoms with E-state index in [0.717, 1.165) is 36.6 Å². The fraction of sp³-hybridized carbons (Fsp3) is 0.667. The largest absolute Gasteiger partial charge is 0.480 e. The number of amides is 1. The molecule has 2 N–H and O–H groups in total. The maximum atomic E-state index is 11.7. The van der Waals surface area contributed by atoms with Gasteiger partial charge in [0.05, 0.1) is 17.2 Å². The molecule has 2 rings (SSSR count). The fourth-order valence-electron chi connectivity index (χ4n) is 2.59. The van der Waals surface area contributed by atoms with Crippen LogP contribution in [0.2, 0.25) is 0 Å². The van der Waals surface area contributed by atoms with Crippen LogP contribution in [0.25, 0.3) is 0 Å². The second-order valence-corrected chi connectivity index (χ2v) is 6.90. The third kappa shape index (κ3) is 4.78. The van der Waals surface area contributed by atoms with Crippen molar-refractivity contribution in [3.63, 3.8) is 0 Å². The number of carbonyl (C=O) groups excluding carboxylic acids is 1. The van der Waals surface area contributed by atoms with E-state index in [4.69, 9.17) is 10.1 Å². The highest BCUT2D eigenvalue weighted by Crippen LogP contribution is 2.30. The minimum absolute atomic E-state index is 0.231. The monoisotopic (exact) mass is 325 g/mol. The van der Waals surface area contributed by atoms with Gasteiger partial charge >= 0.3 is 5.97 Å². The van der Waals surface area contributed by atoms with Gasteiger partial charge in [-0.1, -0.05) is 13.8 Å². The van der Waals surface area contributed by atoms with E-state index < -0.39 is 5.97 Å². The number of aliphatic carboxylic acids is 1. The Morgan fingerprint density at radius 3 is 2.95 bits per heavy atom. The molecule has 1 aliphatic rings. The summed E-state index contributed by atoms with van der Waals surface area (Å²) in [5, 5.41) is 14.3. The summed E-state index contributed by atoms with van der Waals surface area (Å²) in [6.07, 6.45) is 2.13. The number of hydrogen-bond donors (Lipinski definition) is 2. The van der Waals surface area contributed by atoms with Gasteiger partial charge in [-0.3, -0.25) is 14.5 Å². The molecule has 122 valence electrons. The Hall–Kier alpha value is -1.47. The number of nitrogens with zero attached hydrogens (tertiary/aromatic N) is 2. The van der Waals surface area contributed by atoms with Gasteiger partial charge in [-0.2, -0.15) is 0 Å². The van der Waals surface area contributed by atoms with Crippen molar-refractivity contribution >= 4 is 23.2 Å². The molecule has 0 bridgehead atoms. The summed E-state index contributed by atoms with van der Waals surface area (Å²) in [7, 11) is 0. The Morgan fingerprint density at radius 1 is 1.55 bits per heavy atom. The van der Waals surface area contributed by atoms with E-state index in [2.05, 4.69) is 29.4 Å². The zero-order valence-corrected chi connectivity index (χ0v) is 13.9. The van der Waals surface area contributed by atoms with E-state index in [0.29, 0.717) is 11.8 Å². The number of rotatable bonds is 6. The van der Waals surface area contributed by atoms with Crippen molar-refractivity contribution in [1.82, 2.24) is 15.2 Å². The number of piperidine rings is 1. The van der Waals surface area contributed by atoms with Gasteiger partial charge in [-0.15, -0.1) is 11.3 Å². The number of thiazole rings is 1. The molecule has 1 aromatic heterocycles. The van der Waals surface area contributed by atoms with Gasteiger partial charge in [-0.25, -0.2) is 4.98 Å². The third-order valence-corrected chi connectivity index (χ3v) is 4.82. The number of carboxylic acid groups (broad SMARTS) is 1. The van der Waals surface area contributed by atoms with Gasteiger partial charge in [0, 0.05) is 17.8 Å². The first-order valence-corrected chi connectivity index (χ1v) is 8.50. The van der Waals surface area contributed by atoms with Gasteiger partial charge in [-0.05, 0) is 25.3 Å². The summed E-state index contributed by atoms with van der Waals surface area (Å²) < 4.78 is 0. The molecule has 0 saturated carbocycles. The first-order valence-electron chi connectivity index (χ1n) is 7.62. The van der Waals surface area contributed by atoms with Crippen LogP contribution in [0.5, 0.6) is 0 Å². The molecule has 1 aliphatic heterocycles. The highest BCUT2D eigenvalue weighted by molar-refractivity contribution is 7.09. The standard InChI is InChI=1S/C15H23N3O3S/c1-10(2)12-9-22-15(17-12)11-4-3-5-18(7-11)8-13(19)16-6-14(20)21/h9-11H,3-8H2,1-2H3,(H,16,19)(H,20,21).